The van der Waals surface area contributed by atoms with Crippen LogP contribution in [0.15, 0.2) is 59.1 Å². The second kappa shape index (κ2) is 11.3. The van der Waals surface area contributed by atoms with E-state index in [1.54, 1.807) is 0 Å². The number of carbonyl (C=O) groups excluding carboxylic acids is 3. The molecule has 3 unspecified atom stereocenters. The largest absolute Gasteiger partial charge is 0.457 e. The molecular formula is C31H35N5O5S. The van der Waals surface area contributed by atoms with E-state index < -0.39 is 0 Å². The Labute approximate surface area is 249 Å². The van der Waals surface area contributed by atoms with Gasteiger partial charge in [0.25, 0.3) is 5.91 Å². The number of ether oxygens (including phenoxy) is 2. The fourth-order valence-corrected chi connectivity index (χ4v) is 8.07. The number of nitrogens with one attached hydrogen (secondary N) is 3. The first-order chi connectivity index (χ1) is 20.5. The molecule has 4 amide bonds. The van der Waals surface area contributed by atoms with Crippen LogP contribution < -0.4 is 25.6 Å². The van der Waals surface area contributed by atoms with Crippen molar-refractivity contribution in [3.05, 3.63) is 64.7 Å². The first kappa shape index (κ1) is 27.3. The van der Waals surface area contributed by atoms with Crippen molar-refractivity contribution in [2.45, 2.75) is 43.6 Å². The minimum absolute atomic E-state index is 0.00774. The van der Waals surface area contributed by atoms with Gasteiger partial charge in [-0.3, -0.25) is 14.5 Å². The molecule has 0 saturated carbocycles. The number of thioether (sulfide) groups is 1. The van der Waals surface area contributed by atoms with Gasteiger partial charge >= 0.3 is 6.03 Å². The highest BCUT2D eigenvalue weighted by atomic mass is 32.2. The number of amides is 4. The number of anilines is 1. The summed E-state index contributed by atoms with van der Waals surface area (Å²) in [7, 11) is 0. The van der Waals surface area contributed by atoms with Crippen molar-refractivity contribution >= 4 is 35.3 Å². The Hall–Kier alpha value is -3.54. The van der Waals surface area contributed by atoms with Crippen molar-refractivity contribution in [2.75, 3.05) is 37.7 Å². The number of aryl methyl sites for hydroxylation is 1. The summed E-state index contributed by atoms with van der Waals surface area (Å²) < 4.78 is 11.2. The first-order valence-corrected chi connectivity index (χ1v) is 15.6. The summed E-state index contributed by atoms with van der Waals surface area (Å²) in [4.78, 5) is 44.3. The SMILES string of the molecule is Cc1cc(Oc2ccccc2)ccc1N1C(=O)NC2=C(C(=O)N[C@@H]3CCCN(C(=O)C4COC4)C3)SC3NCCC1C23. The number of urea groups is 1. The number of likely N-dealkylation sites (tertiary alicyclic amines) is 1. The van der Waals surface area contributed by atoms with Crippen molar-refractivity contribution in [1.29, 1.82) is 0 Å². The molecule has 3 N–H and O–H groups in total. The molecule has 5 aliphatic heterocycles. The van der Waals surface area contributed by atoms with Crippen LogP contribution in [0.2, 0.25) is 0 Å². The molecule has 5 aliphatic rings. The zero-order chi connectivity index (χ0) is 28.8. The van der Waals surface area contributed by atoms with E-state index in [9.17, 15) is 14.4 Å². The normalized spacial score (nSPS) is 27.2. The lowest BCUT2D eigenvalue weighted by molar-refractivity contribution is -0.151. The second-order valence-electron chi connectivity index (χ2n) is 11.6. The fraction of sp³-hybridized carbons (Fsp3) is 0.452. The van der Waals surface area contributed by atoms with Crippen LogP contribution in [-0.4, -0.2) is 73.1 Å². The molecule has 0 aromatic heterocycles. The maximum Gasteiger partial charge on any atom is 0.326 e. The number of benzene rings is 2. The van der Waals surface area contributed by atoms with E-state index in [4.69, 9.17) is 9.47 Å². The van der Waals surface area contributed by atoms with Gasteiger partial charge in [-0.2, -0.15) is 0 Å². The Bertz CT molecular complexity index is 1430. The Morgan fingerprint density at radius 2 is 1.93 bits per heavy atom. The third kappa shape index (κ3) is 5.03. The summed E-state index contributed by atoms with van der Waals surface area (Å²) >= 11 is 1.50. The standard InChI is InChI=1S/C31H35N5O5S/c1-18-14-22(41-21-7-3-2-4-8-21)9-10-23(18)36-24-11-12-32-29-25(24)26(34-31(36)39)27(42-29)28(37)33-20-6-5-13-35(15-20)30(38)19-16-40-17-19/h2-4,7-10,14,19-20,24-25,29,32H,5-6,11-13,15-17H2,1H3,(H,33,37)(H,34,39)/t20-,24?,25?,29?/m1/s1. The Morgan fingerprint density at radius 3 is 2.69 bits per heavy atom. The monoisotopic (exact) mass is 589 g/mol. The van der Waals surface area contributed by atoms with Crippen molar-refractivity contribution in [3.8, 4) is 11.5 Å². The molecule has 4 saturated heterocycles. The molecule has 0 radical (unpaired) electrons. The molecule has 5 heterocycles. The average Bonchev–Trinajstić information content (AvgIpc) is 3.33. The number of rotatable bonds is 6. The van der Waals surface area contributed by atoms with Gasteiger partial charge in [-0.15, -0.1) is 0 Å². The summed E-state index contributed by atoms with van der Waals surface area (Å²) in [5, 5.41) is 9.83. The molecule has 10 nitrogen and oxygen atoms in total. The van der Waals surface area contributed by atoms with Gasteiger partial charge in [0, 0.05) is 36.4 Å². The molecular weight excluding hydrogens is 554 g/mol. The van der Waals surface area contributed by atoms with Crippen LogP contribution in [0.25, 0.3) is 0 Å². The van der Waals surface area contributed by atoms with Crippen LogP contribution in [-0.2, 0) is 14.3 Å². The zero-order valence-corrected chi connectivity index (χ0v) is 24.3. The van der Waals surface area contributed by atoms with Gasteiger partial charge in [0.1, 0.15) is 11.5 Å². The van der Waals surface area contributed by atoms with Crippen LogP contribution in [0.3, 0.4) is 0 Å². The van der Waals surface area contributed by atoms with E-state index in [1.807, 2.05) is 65.3 Å². The second-order valence-corrected chi connectivity index (χ2v) is 12.8. The molecule has 220 valence electrons. The Morgan fingerprint density at radius 1 is 1.10 bits per heavy atom. The van der Waals surface area contributed by atoms with E-state index in [0.717, 1.165) is 42.8 Å². The van der Waals surface area contributed by atoms with Crippen molar-refractivity contribution in [1.82, 2.24) is 20.9 Å². The van der Waals surface area contributed by atoms with Crippen LogP contribution in [0.1, 0.15) is 24.8 Å². The molecule has 0 spiro atoms. The van der Waals surface area contributed by atoms with E-state index in [-0.39, 0.29) is 47.1 Å². The first-order valence-electron chi connectivity index (χ1n) is 14.7. The van der Waals surface area contributed by atoms with Crippen LogP contribution in [0.5, 0.6) is 11.5 Å². The molecule has 0 bridgehead atoms. The van der Waals surface area contributed by atoms with Crippen molar-refractivity contribution in [2.24, 2.45) is 11.8 Å². The Balaban J connectivity index is 1.08. The van der Waals surface area contributed by atoms with Gasteiger partial charge < -0.3 is 30.3 Å². The summed E-state index contributed by atoms with van der Waals surface area (Å²) in [6, 6.07) is 15.0. The van der Waals surface area contributed by atoms with E-state index in [2.05, 4.69) is 16.0 Å². The highest BCUT2D eigenvalue weighted by molar-refractivity contribution is 8.04. The zero-order valence-electron chi connectivity index (χ0n) is 23.5. The maximum atomic E-state index is 13.7. The lowest BCUT2D eigenvalue weighted by Crippen LogP contribution is -2.62. The minimum Gasteiger partial charge on any atom is -0.457 e. The van der Waals surface area contributed by atoms with Crippen LogP contribution in [0.4, 0.5) is 10.5 Å². The predicted molar refractivity (Wildman–Crippen MR) is 159 cm³/mol. The van der Waals surface area contributed by atoms with Gasteiger partial charge in [0.2, 0.25) is 5.91 Å². The molecule has 11 heteroatoms. The van der Waals surface area contributed by atoms with Gasteiger partial charge in [-0.25, -0.2) is 4.79 Å². The lowest BCUT2D eigenvalue weighted by Gasteiger charge is -2.46. The van der Waals surface area contributed by atoms with Crippen molar-refractivity contribution in [3.63, 3.8) is 0 Å². The number of para-hydroxylation sites is 1. The summed E-state index contributed by atoms with van der Waals surface area (Å²) in [5.41, 5.74) is 2.48. The summed E-state index contributed by atoms with van der Waals surface area (Å²) in [6.45, 7) is 4.93. The summed E-state index contributed by atoms with van der Waals surface area (Å²) in [6.07, 6.45) is 2.44. The average molecular weight is 590 g/mol. The van der Waals surface area contributed by atoms with Gasteiger partial charge in [-0.1, -0.05) is 30.0 Å². The number of piperidine rings is 2. The van der Waals surface area contributed by atoms with Gasteiger partial charge in [0.15, 0.2) is 0 Å². The molecule has 2 aromatic rings. The Kier molecular flexibility index (Phi) is 7.33. The molecule has 4 fully saturated rings. The number of hydrogen-bond donors (Lipinski definition) is 3. The molecule has 0 aliphatic carbocycles. The third-order valence-corrected chi connectivity index (χ3v) is 10.2. The van der Waals surface area contributed by atoms with E-state index in [1.165, 1.54) is 11.8 Å². The topological polar surface area (TPSA) is 112 Å². The number of hydrogen-bond acceptors (Lipinski definition) is 7. The van der Waals surface area contributed by atoms with Crippen molar-refractivity contribution < 1.29 is 23.9 Å². The lowest BCUT2D eigenvalue weighted by atomic mass is 9.86. The smallest absolute Gasteiger partial charge is 0.326 e. The number of carbonyl (C=O) groups is 3. The van der Waals surface area contributed by atoms with E-state index in [0.29, 0.717) is 42.7 Å². The highest BCUT2D eigenvalue weighted by Gasteiger charge is 2.52. The third-order valence-electron chi connectivity index (χ3n) is 8.81. The predicted octanol–water partition coefficient (Wildman–Crippen LogP) is 3.33. The molecule has 2 aromatic carbocycles. The van der Waals surface area contributed by atoms with Crippen LogP contribution in [0, 0.1) is 18.8 Å². The van der Waals surface area contributed by atoms with Gasteiger partial charge in [-0.05, 0) is 68.6 Å². The molecule has 7 rings (SSSR count). The highest BCUT2D eigenvalue weighted by Crippen LogP contribution is 2.48. The fourth-order valence-electron chi connectivity index (χ4n) is 6.67. The molecule has 42 heavy (non-hydrogen) atoms. The summed E-state index contributed by atoms with van der Waals surface area (Å²) in [5.74, 6) is 1.31. The van der Waals surface area contributed by atoms with E-state index >= 15 is 0 Å². The minimum atomic E-state index is -0.225. The maximum absolute atomic E-state index is 13.7. The number of nitrogens with zero attached hydrogens (tertiary/aromatic N) is 2. The van der Waals surface area contributed by atoms with Crippen LogP contribution >= 0.6 is 11.8 Å². The quantitative estimate of drug-likeness (QED) is 0.474. The van der Waals surface area contributed by atoms with Gasteiger partial charge in [0.05, 0.1) is 35.5 Å². The molecule has 4 atom stereocenters.